The van der Waals surface area contributed by atoms with Crippen LogP contribution in [0, 0.1) is 6.92 Å². The third kappa shape index (κ3) is 2.34. The van der Waals surface area contributed by atoms with E-state index in [4.69, 9.17) is 0 Å². The Bertz CT molecular complexity index is 345. The average molecular weight is 269 g/mol. The highest BCUT2D eigenvalue weighted by Gasteiger charge is 2.19. The molecule has 0 aliphatic carbocycles. The predicted molar refractivity (Wildman–Crippen MR) is 68.6 cm³/mol. The van der Waals surface area contributed by atoms with E-state index in [0.717, 1.165) is 13.1 Å². The van der Waals surface area contributed by atoms with Gasteiger partial charge in [0.1, 0.15) is 0 Å². The van der Waals surface area contributed by atoms with E-state index in [1.54, 1.807) is 0 Å². The van der Waals surface area contributed by atoms with Crippen molar-refractivity contribution in [3.63, 3.8) is 0 Å². The first-order chi connectivity index (χ1) is 7.18. The zero-order valence-electron chi connectivity index (χ0n) is 9.26. The van der Waals surface area contributed by atoms with Crippen molar-refractivity contribution in [1.29, 1.82) is 0 Å². The van der Waals surface area contributed by atoms with Gasteiger partial charge in [-0.05, 0) is 43.7 Å². The van der Waals surface area contributed by atoms with Gasteiger partial charge in [0, 0.05) is 29.8 Å². The molecule has 1 atom stereocenters. The lowest BCUT2D eigenvalue weighted by Gasteiger charge is -2.26. The van der Waals surface area contributed by atoms with Crippen LogP contribution in [0.5, 0.6) is 0 Å². The fourth-order valence-corrected chi connectivity index (χ4v) is 2.28. The molecule has 0 bridgehead atoms. The van der Waals surface area contributed by atoms with E-state index in [0.29, 0.717) is 6.04 Å². The number of aryl methyl sites for hydroxylation is 1. The van der Waals surface area contributed by atoms with Gasteiger partial charge in [-0.2, -0.15) is 0 Å². The second-order valence-corrected chi connectivity index (χ2v) is 5.05. The second-order valence-electron chi connectivity index (χ2n) is 4.19. The molecule has 2 nitrogen and oxygen atoms in total. The minimum Gasteiger partial charge on any atom is -0.370 e. The summed E-state index contributed by atoms with van der Waals surface area (Å²) < 4.78 is 1.18. The van der Waals surface area contributed by atoms with Crippen molar-refractivity contribution in [3.05, 3.63) is 28.2 Å². The lowest BCUT2D eigenvalue weighted by Crippen LogP contribution is -2.33. The van der Waals surface area contributed by atoms with Crippen molar-refractivity contribution in [3.8, 4) is 0 Å². The monoisotopic (exact) mass is 268 g/mol. The van der Waals surface area contributed by atoms with Crippen LogP contribution in [0.2, 0.25) is 0 Å². The third-order valence-corrected chi connectivity index (χ3v) is 4.02. The molecule has 1 aliphatic rings. The van der Waals surface area contributed by atoms with Crippen LogP contribution in [0.25, 0.3) is 0 Å². The summed E-state index contributed by atoms with van der Waals surface area (Å²) >= 11 is 3.53. The number of benzene rings is 1. The molecule has 1 unspecified atom stereocenters. The van der Waals surface area contributed by atoms with Crippen LogP contribution in [0.1, 0.15) is 12.0 Å². The van der Waals surface area contributed by atoms with Gasteiger partial charge in [-0.1, -0.05) is 15.9 Å². The highest BCUT2D eigenvalue weighted by molar-refractivity contribution is 9.10. The molecule has 1 aromatic rings. The first kappa shape index (κ1) is 11.0. The Morgan fingerprint density at radius 3 is 2.87 bits per heavy atom. The number of hydrogen-bond donors (Lipinski definition) is 1. The molecule has 0 amide bonds. The molecule has 1 fully saturated rings. The van der Waals surface area contributed by atoms with Gasteiger partial charge >= 0.3 is 0 Å². The van der Waals surface area contributed by atoms with Gasteiger partial charge < -0.3 is 10.2 Å². The molecule has 3 heteroatoms. The van der Waals surface area contributed by atoms with Gasteiger partial charge in [0.05, 0.1) is 0 Å². The molecule has 82 valence electrons. The van der Waals surface area contributed by atoms with Gasteiger partial charge in [0.25, 0.3) is 0 Å². The highest BCUT2D eigenvalue weighted by Crippen LogP contribution is 2.24. The molecule has 0 aromatic heterocycles. The van der Waals surface area contributed by atoms with Gasteiger partial charge in [-0.15, -0.1) is 0 Å². The number of rotatable bonds is 2. The molecule has 0 radical (unpaired) electrons. The zero-order valence-corrected chi connectivity index (χ0v) is 10.8. The van der Waals surface area contributed by atoms with Crippen LogP contribution in [-0.2, 0) is 0 Å². The first-order valence-electron chi connectivity index (χ1n) is 5.38. The van der Waals surface area contributed by atoms with Crippen LogP contribution in [-0.4, -0.2) is 26.2 Å². The summed E-state index contributed by atoms with van der Waals surface area (Å²) in [5.74, 6) is 0. The van der Waals surface area contributed by atoms with Crippen molar-refractivity contribution in [2.45, 2.75) is 19.4 Å². The summed E-state index contributed by atoms with van der Waals surface area (Å²) in [6.07, 6.45) is 1.24. The third-order valence-electron chi connectivity index (χ3n) is 3.13. The summed E-state index contributed by atoms with van der Waals surface area (Å²) in [4.78, 5) is 2.37. The van der Waals surface area contributed by atoms with Crippen LogP contribution in [0.4, 0.5) is 5.69 Å². The first-order valence-corrected chi connectivity index (χ1v) is 6.17. The number of hydrogen-bond acceptors (Lipinski definition) is 2. The Balaban J connectivity index is 2.17. The van der Waals surface area contributed by atoms with E-state index in [9.17, 15) is 0 Å². The average Bonchev–Trinajstić information content (AvgIpc) is 2.74. The molecule has 1 N–H and O–H groups in total. The lowest BCUT2D eigenvalue weighted by molar-refractivity contribution is 0.685. The van der Waals surface area contributed by atoms with Crippen LogP contribution in [0.15, 0.2) is 22.7 Å². The predicted octanol–water partition coefficient (Wildman–Crippen LogP) is 2.56. The zero-order chi connectivity index (χ0) is 10.8. The van der Waals surface area contributed by atoms with Gasteiger partial charge in [-0.3, -0.25) is 0 Å². The highest BCUT2D eigenvalue weighted by atomic mass is 79.9. The van der Waals surface area contributed by atoms with E-state index in [-0.39, 0.29) is 0 Å². The van der Waals surface area contributed by atoms with Crippen LogP contribution >= 0.6 is 15.9 Å². The minimum atomic E-state index is 0.644. The maximum absolute atomic E-state index is 3.53. The smallest absolute Gasteiger partial charge is 0.0423 e. The SMILES string of the molecule is Cc1cc(N(C)C2CCNC2)ccc1Br. The number of anilines is 1. The molecule has 1 saturated heterocycles. The van der Waals surface area contributed by atoms with E-state index in [1.807, 2.05) is 0 Å². The van der Waals surface area contributed by atoms with Crippen molar-refractivity contribution in [2.75, 3.05) is 25.0 Å². The Kier molecular flexibility index (Phi) is 3.32. The Labute approximate surface area is 99.8 Å². The molecule has 1 heterocycles. The Hall–Kier alpha value is -0.540. The fraction of sp³-hybridized carbons (Fsp3) is 0.500. The molecule has 1 aromatic carbocycles. The number of nitrogens with one attached hydrogen (secondary N) is 1. The molecular weight excluding hydrogens is 252 g/mol. The summed E-state index contributed by atoms with van der Waals surface area (Å²) in [5, 5.41) is 3.40. The molecular formula is C12H17BrN2. The van der Waals surface area contributed by atoms with Gasteiger partial charge in [0.2, 0.25) is 0 Å². The molecule has 2 rings (SSSR count). The van der Waals surface area contributed by atoms with E-state index in [1.165, 1.54) is 22.1 Å². The Morgan fingerprint density at radius 2 is 2.27 bits per heavy atom. The number of likely N-dealkylation sites (N-methyl/N-ethyl adjacent to an activating group) is 1. The maximum atomic E-state index is 3.53. The van der Waals surface area contributed by atoms with Crippen LogP contribution < -0.4 is 10.2 Å². The van der Waals surface area contributed by atoms with Crippen molar-refractivity contribution in [1.82, 2.24) is 5.32 Å². The maximum Gasteiger partial charge on any atom is 0.0423 e. The van der Waals surface area contributed by atoms with Gasteiger partial charge in [0.15, 0.2) is 0 Å². The standard InChI is InChI=1S/C12H17BrN2/c1-9-7-10(3-4-12(9)13)15(2)11-5-6-14-8-11/h3-4,7,11,14H,5-6,8H2,1-2H3. The summed E-state index contributed by atoms with van der Waals surface area (Å²) in [7, 11) is 2.18. The van der Waals surface area contributed by atoms with Crippen LogP contribution in [0.3, 0.4) is 0 Å². The molecule has 0 spiro atoms. The lowest BCUT2D eigenvalue weighted by atomic mass is 10.1. The largest absolute Gasteiger partial charge is 0.370 e. The molecule has 15 heavy (non-hydrogen) atoms. The fourth-order valence-electron chi connectivity index (χ4n) is 2.03. The summed E-state index contributed by atoms with van der Waals surface area (Å²) in [6, 6.07) is 7.19. The Morgan fingerprint density at radius 1 is 1.47 bits per heavy atom. The normalized spacial score (nSPS) is 20.6. The topological polar surface area (TPSA) is 15.3 Å². The van der Waals surface area contributed by atoms with E-state index >= 15 is 0 Å². The molecule has 0 saturated carbocycles. The van der Waals surface area contributed by atoms with Crippen molar-refractivity contribution in [2.24, 2.45) is 0 Å². The summed E-state index contributed by atoms with van der Waals surface area (Å²) in [5.41, 5.74) is 2.61. The second kappa shape index (κ2) is 4.54. The van der Waals surface area contributed by atoms with Gasteiger partial charge in [-0.25, -0.2) is 0 Å². The quantitative estimate of drug-likeness (QED) is 0.887. The molecule has 1 aliphatic heterocycles. The van der Waals surface area contributed by atoms with Crippen molar-refractivity contribution < 1.29 is 0 Å². The summed E-state index contributed by atoms with van der Waals surface area (Å²) in [6.45, 7) is 4.38. The number of nitrogens with zero attached hydrogens (tertiary/aromatic N) is 1. The minimum absolute atomic E-state index is 0.644. The van der Waals surface area contributed by atoms with E-state index in [2.05, 4.69) is 58.3 Å². The van der Waals surface area contributed by atoms with Crippen molar-refractivity contribution >= 4 is 21.6 Å². The van der Waals surface area contributed by atoms with E-state index < -0.39 is 0 Å². The number of halogens is 1.